The number of rotatable bonds is 24. The van der Waals surface area contributed by atoms with Crippen LogP contribution in [-0.2, 0) is 32.2 Å². The summed E-state index contributed by atoms with van der Waals surface area (Å²) in [5, 5.41) is 8.87. The number of primary amides is 2. The van der Waals surface area contributed by atoms with Crippen molar-refractivity contribution in [3.8, 4) is 22.5 Å². The van der Waals surface area contributed by atoms with E-state index in [1.165, 1.54) is 5.56 Å². The third-order valence-electron chi connectivity index (χ3n) is 14.8. The monoisotopic (exact) mass is 1310 g/mol. The predicted molar refractivity (Wildman–Crippen MR) is 376 cm³/mol. The van der Waals surface area contributed by atoms with Gasteiger partial charge in [0.25, 0.3) is 11.1 Å². The summed E-state index contributed by atoms with van der Waals surface area (Å²) in [5.74, 6) is 0.434. The van der Waals surface area contributed by atoms with E-state index in [1.54, 1.807) is 77.9 Å². The third-order valence-corrected chi connectivity index (χ3v) is 15.0. The summed E-state index contributed by atoms with van der Waals surface area (Å²) < 4.78 is 15.2. The minimum absolute atomic E-state index is 0.0297. The number of benzene rings is 6. The highest BCUT2D eigenvalue weighted by molar-refractivity contribution is 6.67. The van der Waals surface area contributed by atoms with Gasteiger partial charge in [0.05, 0.1) is 23.5 Å². The van der Waals surface area contributed by atoms with Crippen LogP contribution in [-0.4, -0.2) is 95.5 Å². The van der Waals surface area contributed by atoms with E-state index >= 15 is 0 Å². The van der Waals surface area contributed by atoms with Gasteiger partial charge in [0.2, 0.25) is 11.8 Å². The number of nitrogens with zero attached hydrogens (tertiary/aromatic N) is 5. The van der Waals surface area contributed by atoms with Crippen molar-refractivity contribution >= 4 is 46.8 Å². The Hall–Kier alpha value is -9.39. The molecule has 5 amide bonds. The maximum atomic E-state index is 14.5. The number of carbonyl (C=O) groups excluding carboxylic acids is 6. The van der Waals surface area contributed by atoms with Crippen LogP contribution < -0.4 is 27.4 Å². The molecule has 2 heterocycles. The summed E-state index contributed by atoms with van der Waals surface area (Å²) in [6.07, 6.45) is 3.63. The SMILES string of the molecule is CC(C)(C)OC(=O)N[C@H](CCN(C(=O)c1ccccc1)[C@@H](c1nc(-c2ccccc2)cn1Cc1ccccc1)C(C)(C)C)CC(N)=O.CC(C)(C)OC(=O)N[C@H](CCN[C@@H](c1nc(-c2ccccc2)cn1Cc1ccccc1)C(C)(C)C)CC(N)=O.O=C(Cl)c1ccccc1. The quantitative estimate of drug-likeness (QED) is 0.0356. The van der Waals surface area contributed by atoms with Gasteiger partial charge in [-0.3, -0.25) is 19.2 Å². The van der Waals surface area contributed by atoms with Crippen molar-refractivity contribution in [2.24, 2.45) is 22.3 Å². The molecule has 0 spiro atoms. The van der Waals surface area contributed by atoms with Gasteiger partial charge in [-0.15, -0.1) is 0 Å². The summed E-state index contributed by atoms with van der Waals surface area (Å²) in [4.78, 5) is 85.9. The van der Waals surface area contributed by atoms with Crippen molar-refractivity contribution < 1.29 is 38.2 Å². The van der Waals surface area contributed by atoms with Gasteiger partial charge in [0.15, 0.2) is 0 Å². The highest BCUT2D eigenvalue weighted by atomic mass is 35.5. The number of nitrogens with two attached hydrogens (primary N) is 2. The number of hydrogen-bond acceptors (Lipinski definition) is 11. The predicted octanol–water partition coefficient (Wildman–Crippen LogP) is 14.5. The molecule has 0 fully saturated rings. The van der Waals surface area contributed by atoms with Crippen LogP contribution in [0.1, 0.15) is 164 Å². The molecule has 0 aliphatic heterocycles. The van der Waals surface area contributed by atoms with E-state index < -0.39 is 64.0 Å². The normalized spacial score (nSPS) is 12.8. The number of imidazole rings is 2. The Kier molecular flexibility index (Phi) is 27.2. The maximum absolute atomic E-state index is 14.5. The Bertz CT molecular complexity index is 3710. The van der Waals surface area contributed by atoms with E-state index in [-0.39, 0.29) is 43.2 Å². The van der Waals surface area contributed by atoms with Crippen molar-refractivity contribution in [3.05, 3.63) is 228 Å². The van der Waals surface area contributed by atoms with E-state index in [0.717, 1.165) is 39.7 Å². The number of nitrogens with one attached hydrogen (secondary N) is 3. The lowest BCUT2D eigenvalue weighted by molar-refractivity contribution is -0.119. The molecule has 95 heavy (non-hydrogen) atoms. The van der Waals surface area contributed by atoms with Crippen LogP contribution in [0.3, 0.4) is 0 Å². The molecule has 18 nitrogen and oxygen atoms in total. The fourth-order valence-electron chi connectivity index (χ4n) is 10.6. The summed E-state index contributed by atoms with van der Waals surface area (Å²) in [6.45, 7) is 25.5. The number of hydrogen-bond donors (Lipinski definition) is 5. The van der Waals surface area contributed by atoms with Gasteiger partial charge in [-0.2, -0.15) is 0 Å². The first kappa shape index (κ1) is 74.6. The van der Waals surface area contributed by atoms with E-state index in [0.29, 0.717) is 37.2 Å². The first-order chi connectivity index (χ1) is 44.8. The fraction of sp³-hybridized carbons (Fsp3) is 0.368. The van der Waals surface area contributed by atoms with Crippen molar-refractivity contribution in [2.75, 3.05) is 13.1 Å². The molecule has 0 bridgehead atoms. The first-order valence-electron chi connectivity index (χ1n) is 32.1. The Morgan fingerprint density at radius 3 is 1.23 bits per heavy atom. The molecule has 504 valence electrons. The highest BCUT2D eigenvalue weighted by Crippen LogP contribution is 2.41. The van der Waals surface area contributed by atoms with Crippen LogP contribution in [0.5, 0.6) is 0 Å². The molecule has 8 aromatic rings. The molecule has 4 atom stereocenters. The molecule has 0 aliphatic carbocycles. The Morgan fingerprint density at radius 2 is 0.863 bits per heavy atom. The van der Waals surface area contributed by atoms with E-state index in [2.05, 4.69) is 109 Å². The van der Waals surface area contributed by atoms with E-state index in [1.807, 2.05) is 120 Å². The highest BCUT2D eigenvalue weighted by Gasteiger charge is 2.40. The number of amides is 5. The average Bonchev–Trinajstić information content (AvgIpc) is 1.71. The van der Waals surface area contributed by atoms with Gasteiger partial charge < -0.3 is 50.9 Å². The van der Waals surface area contributed by atoms with Crippen molar-refractivity contribution in [3.63, 3.8) is 0 Å². The lowest BCUT2D eigenvalue weighted by atomic mass is 9.84. The second-order valence-electron chi connectivity index (χ2n) is 27.6. The second kappa shape index (κ2) is 34.7. The molecule has 8 rings (SSSR count). The maximum Gasteiger partial charge on any atom is 0.407 e. The van der Waals surface area contributed by atoms with Crippen molar-refractivity contribution in [1.29, 1.82) is 0 Å². The molecule has 0 saturated heterocycles. The number of carbonyl (C=O) groups is 6. The van der Waals surface area contributed by atoms with Gasteiger partial charge in [0, 0.05) is 79.2 Å². The Morgan fingerprint density at radius 1 is 0.495 bits per heavy atom. The van der Waals surface area contributed by atoms with Gasteiger partial charge in [-0.25, -0.2) is 19.6 Å². The molecular weight excluding hydrogens is 1220 g/mol. The largest absolute Gasteiger partial charge is 0.444 e. The number of ether oxygens (including phenoxy) is 2. The first-order valence-corrected chi connectivity index (χ1v) is 32.4. The average molecular weight is 1310 g/mol. The standard InChI is InChI=1S/C38H47N5O4.C31H43N5O3.C7H5ClO/c1-37(2,3)33(34-41-31(28-18-12-8-13-19-28)26-42(34)25-27-16-10-7-11-17-27)43(35(45)29-20-14-9-15-21-29)23-22-30(24-32(39)44)40-36(46)47-38(4,5)6;1-30(2,3)27(33-18-17-24(19-26(32)37)34-29(38)39-31(4,5)6)28-35-25(23-15-11-8-12-16-23)21-36(28)20-22-13-9-7-10-14-22;8-7(9)6-4-2-1-3-5-6/h7-21,26,30,33H,22-25H2,1-6H3,(H2,39,44)(H,40,46);7-16,21,24,27,33H,17-20H2,1-6H3,(H2,32,37)(H,34,38);1-5H/t30-,33+;24-,27+;/m11./s1. The zero-order valence-electron chi connectivity index (χ0n) is 57.0. The second-order valence-corrected chi connectivity index (χ2v) is 27.9. The summed E-state index contributed by atoms with van der Waals surface area (Å²) in [6, 6.07) is 56.8. The van der Waals surface area contributed by atoms with Crippen LogP contribution >= 0.6 is 11.6 Å². The topological polar surface area (TPSA) is 248 Å². The molecule has 6 aromatic carbocycles. The molecule has 7 N–H and O–H groups in total. The van der Waals surface area contributed by atoms with Gasteiger partial charge in [0.1, 0.15) is 22.9 Å². The fourth-order valence-corrected chi connectivity index (χ4v) is 10.8. The molecule has 0 unspecified atom stereocenters. The van der Waals surface area contributed by atoms with Crippen molar-refractivity contribution in [2.45, 2.75) is 157 Å². The Balaban J connectivity index is 0.000000268. The zero-order valence-corrected chi connectivity index (χ0v) is 57.7. The molecule has 0 aliphatic rings. The van der Waals surface area contributed by atoms with Gasteiger partial charge in [-0.1, -0.05) is 211 Å². The Labute approximate surface area is 565 Å². The van der Waals surface area contributed by atoms with Crippen LogP contribution in [0.25, 0.3) is 22.5 Å². The van der Waals surface area contributed by atoms with Crippen LogP contribution in [0.4, 0.5) is 9.59 Å². The van der Waals surface area contributed by atoms with Gasteiger partial charge >= 0.3 is 12.2 Å². The smallest absolute Gasteiger partial charge is 0.407 e. The lowest BCUT2D eigenvalue weighted by Gasteiger charge is -2.40. The summed E-state index contributed by atoms with van der Waals surface area (Å²) >= 11 is 5.16. The summed E-state index contributed by atoms with van der Waals surface area (Å²) in [7, 11) is 0. The number of halogens is 1. The van der Waals surface area contributed by atoms with E-state index in [9.17, 15) is 28.8 Å². The minimum atomic E-state index is -0.722. The van der Waals surface area contributed by atoms with Crippen LogP contribution in [0, 0.1) is 10.8 Å². The third kappa shape index (κ3) is 25.1. The number of aromatic nitrogens is 4. The van der Waals surface area contributed by atoms with Crippen molar-refractivity contribution in [1.82, 2.24) is 40.0 Å². The lowest BCUT2D eigenvalue weighted by Crippen LogP contribution is -2.46. The van der Waals surface area contributed by atoms with Gasteiger partial charge in [-0.05, 0) is 107 Å². The molecule has 19 heteroatoms. The van der Waals surface area contributed by atoms with Crippen LogP contribution in [0.15, 0.2) is 194 Å². The van der Waals surface area contributed by atoms with Crippen LogP contribution in [0.2, 0.25) is 0 Å². The molecule has 2 aromatic heterocycles. The zero-order chi connectivity index (χ0) is 69.5. The number of alkyl carbamates (subject to hydrolysis) is 2. The summed E-state index contributed by atoms with van der Waals surface area (Å²) in [5.41, 5.74) is 16.2. The minimum Gasteiger partial charge on any atom is -0.444 e. The molecule has 0 saturated carbocycles. The van der Waals surface area contributed by atoms with E-state index in [4.69, 9.17) is 42.5 Å². The molecule has 0 radical (unpaired) electrons. The molecular formula is C76H95ClN10O8.